The highest BCUT2D eigenvalue weighted by atomic mass is 16.5. The van der Waals surface area contributed by atoms with Gasteiger partial charge in [-0.25, -0.2) is 0 Å². The molecule has 2 atom stereocenters. The van der Waals surface area contributed by atoms with E-state index in [1.54, 1.807) is 24.0 Å². The first-order chi connectivity index (χ1) is 10.1. The fraction of sp³-hybridized carbons (Fsp3) is 0.733. The van der Waals surface area contributed by atoms with Crippen LogP contribution in [0.25, 0.3) is 0 Å². The van der Waals surface area contributed by atoms with Gasteiger partial charge in [-0.15, -0.1) is 0 Å². The highest BCUT2D eigenvalue weighted by molar-refractivity contribution is 5.92. The maximum absolute atomic E-state index is 12.1. The molecule has 1 aromatic rings. The van der Waals surface area contributed by atoms with Crippen molar-refractivity contribution in [2.45, 2.75) is 31.8 Å². The molecule has 2 N–H and O–H groups in total. The molecule has 21 heavy (non-hydrogen) atoms. The van der Waals surface area contributed by atoms with Crippen LogP contribution in [0.4, 0.5) is 0 Å². The normalized spacial score (nSPS) is 27.9. The van der Waals surface area contributed by atoms with Gasteiger partial charge in [-0.2, -0.15) is 5.10 Å². The topological polar surface area (TPSA) is 76.4 Å². The number of aryl methyl sites for hydroxylation is 1. The lowest BCUT2D eigenvalue weighted by Gasteiger charge is -2.37. The van der Waals surface area contributed by atoms with Gasteiger partial charge >= 0.3 is 0 Å². The largest absolute Gasteiger partial charge is 0.392 e. The molecule has 2 heterocycles. The van der Waals surface area contributed by atoms with Crippen LogP contribution in [0.15, 0.2) is 12.3 Å². The van der Waals surface area contributed by atoms with Crippen molar-refractivity contribution in [2.24, 2.45) is 18.4 Å². The van der Waals surface area contributed by atoms with Gasteiger partial charge in [0, 0.05) is 44.3 Å². The average Bonchev–Trinajstić information content (AvgIpc) is 3.04. The summed E-state index contributed by atoms with van der Waals surface area (Å²) in [5, 5.41) is 17.6. The van der Waals surface area contributed by atoms with Gasteiger partial charge < -0.3 is 15.2 Å². The van der Waals surface area contributed by atoms with E-state index in [-0.39, 0.29) is 23.3 Å². The van der Waals surface area contributed by atoms with Gasteiger partial charge in [0.2, 0.25) is 0 Å². The summed E-state index contributed by atoms with van der Waals surface area (Å²) >= 11 is 0. The summed E-state index contributed by atoms with van der Waals surface area (Å²) in [6.07, 6.45) is 5.13. The second-order valence-corrected chi connectivity index (χ2v) is 6.27. The predicted molar refractivity (Wildman–Crippen MR) is 76.8 cm³/mol. The van der Waals surface area contributed by atoms with Crippen LogP contribution in [0.3, 0.4) is 0 Å². The second kappa shape index (κ2) is 5.77. The molecule has 1 aliphatic heterocycles. The molecule has 2 fully saturated rings. The Morgan fingerprint density at radius 3 is 2.95 bits per heavy atom. The number of nitrogens with one attached hydrogen (secondary N) is 1. The van der Waals surface area contributed by atoms with Crippen LogP contribution < -0.4 is 5.32 Å². The number of rotatable bonds is 3. The average molecular weight is 293 g/mol. The van der Waals surface area contributed by atoms with Crippen LogP contribution in [0.5, 0.6) is 0 Å². The van der Waals surface area contributed by atoms with Crippen LogP contribution in [0, 0.1) is 11.3 Å². The molecule has 6 heteroatoms. The Kier molecular flexibility index (Phi) is 3.99. The molecule has 2 aliphatic rings. The molecule has 3 rings (SSSR count). The van der Waals surface area contributed by atoms with Gasteiger partial charge in [-0.1, -0.05) is 0 Å². The van der Waals surface area contributed by atoms with Gasteiger partial charge in [-0.05, 0) is 31.7 Å². The van der Waals surface area contributed by atoms with Gasteiger partial charge in [0.05, 0.1) is 6.10 Å². The van der Waals surface area contributed by atoms with Crippen molar-refractivity contribution >= 4 is 5.91 Å². The van der Waals surface area contributed by atoms with Gasteiger partial charge in [0.25, 0.3) is 5.91 Å². The van der Waals surface area contributed by atoms with E-state index >= 15 is 0 Å². The quantitative estimate of drug-likeness (QED) is 0.861. The third kappa shape index (κ3) is 2.70. The number of hydrogen-bond acceptors (Lipinski definition) is 4. The first-order valence-corrected chi connectivity index (χ1v) is 7.64. The second-order valence-electron chi connectivity index (χ2n) is 6.27. The molecule has 0 radical (unpaired) electrons. The molecule has 6 nitrogen and oxygen atoms in total. The first-order valence-electron chi connectivity index (χ1n) is 7.64. The molecule has 0 bridgehead atoms. The third-order valence-electron chi connectivity index (χ3n) is 5.15. The molecular formula is C15H23N3O3. The Bertz CT molecular complexity index is 508. The number of amides is 1. The summed E-state index contributed by atoms with van der Waals surface area (Å²) in [7, 11) is 1.75. The monoisotopic (exact) mass is 293 g/mol. The molecule has 1 saturated heterocycles. The minimum Gasteiger partial charge on any atom is -0.392 e. The van der Waals surface area contributed by atoms with Crippen LogP contribution in [0.2, 0.25) is 0 Å². The summed E-state index contributed by atoms with van der Waals surface area (Å²) in [5.74, 6) is 0.00963. The zero-order valence-electron chi connectivity index (χ0n) is 12.4. The number of carbonyl (C=O) groups is 1. The van der Waals surface area contributed by atoms with E-state index in [4.69, 9.17) is 4.74 Å². The zero-order valence-corrected chi connectivity index (χ0v) is 12.4. The van der Waals surface area contributed by atoms with Gasteiger partial charge in [0.15, 0.2) is 0 Å². The van der Waals surface area contributed by atoms with Gasteiger partial charge in [0.1, 0.15) is 5.69 Å². The Labute approximate surface area is 124 Å². The van der Waals surface area contributed by atoms with Crippen molar-refractivity contribution in [3.05, 3.63) is 18.0 Å². The number of aliphatic hydroxyl groups excluding tert-OH is 1. The minimum absolute atomic E-state index is 0.0141. The fourth-order valence-corrected chi connectivity index (χ4v) is 3.73. The Morgan fingerprint density at radius 1 is 1.52 bits per heavy atom. The molecular weight excluding hydrogens is 270 g/mol. The lowest BCUT2D eigenvalue weighted by molar-refractivity contribution is -0.0555. The maximum Gasteiger partial charge on any atom is 0.269 e. The van der Waals surface area contributed by atoms with E-state index in [0.29, 0.717) is 12.2 Å². The molecule has 1 aliphatic carbocycles. The summed E-state index contributed by atoms with van der Waals surface area (Å²) in [6.45, 7) is 2.00. The standard InChI is InChI=1S/C15H23N3O3/c1-18-12(3-7-17-18)14(20)16-10-11-2-4-15(13(11)19)5-8-21-9-6-15/h3,7,11,13,19H,2,4-6,8-10H2,1H3,(H,16,20)/t11-,13+/m1/s1. The summed E-state index contributed by atoms with van der Waals surface area (Å²) in [4.78, 5) is 12.1. The lowest BCUT2D eigenvalue weighted by Crippen LogP contribution is -2.41. The van der Waals surface area contributed by atoms with Crippen molar-refractivity contribution in [3.63, 3.8) is 0 Å². The zero-order chi connectivity index (χ0) is 14.9. The maximum atomic E-state index is 12.1. The van der Waals surface area contributed by atoms with Crippen molar-refractivity contribution in [1.82, 2.24) is 15.1 Å². The van der Waals surface area contributed by atoms with E-state index in [2.05, 4.69) is 10.4 Å². The van der Waals surface area contributed by atoms with Crippen molar-refractivity contribution in [2.75, 3.05) is 19.8 Å². The molecule has 0 unspecified atom stereocenters. The lowest BCUT2D eigenvalue weighted by atomic mass is 9.76. The molecule has 116 valence electrons. The van der Waals surface area contributed by atoms with Gasteiger partial charge in [-0.3, -0.25) is 9.48 Å². The number of nitrogens with zero attached hydrogens (tertiary/aromatic N) is 2. The molecule has 0 aromatic carbocycles. The molecule has 1 amide bonds. The van der Waals surface area contributed by atoms with Crippen molar-refractivity contribution in [3.8, 4) is 0 Å². The summed E-state index contributed by atoms with van der Waals surface area (Å²) in [6, 6.07) is 1.69. The van der Waals surface area contributed by atoms with E-state index in [1.165, 1.54) is 0 Å². The van der Waals surface area contributed by atoms with Crippen LogP contribution in [-0.4, -0.2) is 46.7 Å². The van der Waals surface area contributed by atoms with Crippen molar-refractivity contribution in [1.29, 1.82) is 0 Å². The Morgan fingerprint density at radius 2 is 2.29 bits per heavy atom. The number of ether oxygens (including phenoxy) is 1. The summed E-state index contributed by atoms with van der Waals surface area (Å²) in [5.41, 5.74) is 0.559. The predicted octanol–water partition coefficient (Wildman–Crippen LogP) is 0.718. The van der Waals surface area contributed by atoms with Crippen LogP contribution in [-0.2, 0) is 11.8 Å². The summed E-state index contributed by atoms with van der Waals surface area (Å²) < 4.78 is 6.97. The van der Waals surface area contributed by atoms with Crippen LogP contribution in [0.1, 0.15) is 36.2 Å². The Balaban J connectivity index is 1.57. The minimum atomic E-state index is -0.340. The highest BCUT2D eigenvalue weighted by Gasteiger charge is 2.48. The third-order valence-corrected chi connectivity index (χ3v) is 5.15. The SMILES string of the molecule is Cn1nccc1C(=O)NC[C@H]1CCC2(CCOCC2)[C@H]1O. The fourth-order valence-electron chi connectivity index (χ4n) is 3.73. The number of carbonyl (C=O) groups excluding carboxylic acids is 1. The molecule has 1 aromatic heterocycles. The Hall–Kier alpha value is -1.40. The molecule has 1 saturated carbocycles. The van der Waals surface area contributed by atoms with E-state index < -0.39 is 0 Å². The number of hydrogen-bond donors (Lipinski definition) is 2. The smallest absolute Gasteiger partial charge is 0.269 e. The molecule has 1 spiro atoms. The van der Waals surface area contributed by atoms with E-state index in [9.17, 15) is 9.90 Å². The number of aromatic nitrogens is 2. The van der Waals surface area contributed by atoms with E-state index in [1.807, 2.05) is 0 Å². The van der Waals surface area contributed by atoms with E-state index in [0.717, 1.165) is 38.9 Å². The van der Waals surface area contributed by atoms with Crippen LogP contribution >= 0.6 is 0 Å². The highest BCUT2D eigenvalue weighted by Crippen LogP contribution is 2.48. The van der Waals surface area contributed by atoms with Crippen molar-refractivity contribution < 1.29 is 14.6 Å². The first kappa shape index (κ1) is 14.5. The number of aliphatic hydroxyl groups is 1.